The fraction of sp³-hybridized carbons (Fsp3) is 0.0833. The molecule has 0 fully saturated rings. The molecule has 0 aliphatic heterocycles. The average molecular weight is 342 g/mol. The summed E-state index contributed by atoms with van der Waals surface area (Å²) >= 11 is 3.29. The number of nitrogens with two attached hydrogens (primary N) is 1. The molecule has 0 bridgehead atoms. The van der Waals surface area contributed by atoms with E-state index in [1.165, 1.54) is 12.1 Å². The molecule has 0 spiro atoms. The summed E-state index contributed by atoms with van der Waals surface area (Å²) in [6, 6.07) is 12.0. The molecule has 2 aromatic rings. The number of sulfonamides is 1. The van der Waals surface area contributed by atoms with Crippen LogP contribution in [0, 0.1) is 0 Å². The van der Waals surface area contributed by atoms with E-state index in [1.807, 2.05) is 18.2 Å². The van der Waals surface area contributed by atoms with Gasteiger partial charge < -0.3 is 5.32 Å². The van der Waals surface area contributed by atoms with E-state index in [4.69, 9.17) is 5.14 Å². The van der Waals surface area contributed by atoms with E-state index in [-0.39, 0.29) is 4.90 Å². The first kappa shape index (κ1) is 14.0. The van der Waals surface area contributed by atoms with E-state index in [1.54, 1.807) is 12.1 Å². The normalized spacial score (nSPS) is 11.3. The smallest absolute Gasteiger partial charge is 0.238 e. The van der Waals surface area contributed by atoms with Gasteiger partial charge in [0.05, 0.1) is 17.1 Å². The van der Waals surface area contributed by atoms with Crippen molar-refractivity contribution in [3.05, 3.63) is 52.8 Å². The van der Waals surface area contributed by atoms with E-state index >= 15 is 0 Å². The van der Waals surface area contributed by atoms with E-state index in [2.05, 4.69) is 26.2 Å². The van der Waals surface area contributed by atoms with Crippen LogP contribution in [0.3, 0.4) is 0 Å². The standard InChI is InChI=1S/C12H12BrN3O2S/c13-12-6-2-4-10(16-12)8-15-9-3-1-5-11(7-9)19(14,17)18/h1-7,15H,8H2,(H2,14,17,18). The third kappa shape index (κ3) is 4.02. The third-order valence-corrected chi connectivity index (χ3v) is 3.76. The number of nitrogens with zero attached hydrogens (tertiary/aromatic N) is 1. The summed E-state index contributed by atoms with van der Waals surface area (Å²) < 4.78 is 23.2. The molecular formula is C12H12BrN3O2S. The summed E-state index contributed by atoms with van der Waals surface area (Å²) in [5.74, 6) is 0. The van der Waals surface area contributed by atoms with Crippen LogP contribution in [0.2, 0.25) is 0 Å². The van der Waals surface area contributed by atoms with Crippen molar-refractivity contribution in [2.45, 2.75) is 11.4 Å². The first-order valence-electron chi connectivity index (χ1n) is 5.43. The number of nitrogens with one attached hydrogen (secondary N) is 1. The van der Waals surface area contributed by atoms with Crippen LogP contribution < -0.4 is 10.5 Å². The number of hydrogen-bond acceptors (Lipinski definition) is 4. The van der Waals surface area contributed by atoms with Gasteiger partial charge >= 0.3 is 0 Å². The lowest BCUT2D eigenvalue weighted by atomic mass is 10.3. The molecule has 2 rings (SSSR count). The summed E-state index contributed by atoms with van der Waals surface area (Å²) in [5, 5.41) is 8.18. The van der Waals surface area contributed by atoms with Crippen LogP contribution in [0.15, 0.2) is 52.0 Å². The van der Waals surface area contributed by atoms with Gasteiger partial charge in [-0.25, -0.2) is 18.5 Å². The Kier molecular flexibility index (Phi) is 4.18. The molecule has 5 nitrogen and oxygen atoms in total. The molecule has 7 heteroatoms. The first-order valence-corrected chi connectivity index (χ1v) is 7.77. The topological polar surface area (TPSA) is 85.1 Å². The highest BCUT2D eigenvalue weighted by Crippen LogP contribution is 2.15. The monoisotopic (exact) mass is 341 g/mol. The highest BCUT2D eigenvalue weighted by atomic mass is 79.9. The maximum Gasteiger partial charge on any atom is 0.238 e. The number of rotatable bonds is 4. The van der Waals surface area contributed by atoms with Gasteiger partial charge in [0.25, 0.3) is 0 Å². The highest BCUT2D eigenvalue weighted by Gasteiger charge is 2.07. The van der Waals surface area contributed by atoms with Gasteiger partial charge in [-0.2, -0.15) is 0 Å². The van der Waals surface area contributed by atoms with E-state index in [0.29, 0.717) is 12.2 Å². The molecule has 0 atom stereocenters. The second-order valence-electron chi connectivity index (χ2n) is 3.88. The number of hydrogen-bond donors (Lipinski definition) is 2. The summed E-state index contributed by atoms with van der Waals surface area (Å²) in [6.45, 7) is 0.494. The van der Waals surface area contributed by atoms with Crippen LogP contribution >= 0.6 is 15.9 Å². The Bertz CT molecular complexity index is 689. The largest absolute Gasteiger partial charge is 0.379 e. The van der Waals surface area contributed by atoms with Gasteiger partial charge in [-0.15, -0.1) is 0 Å². The molecule has 19 heavy (non-hydrogen) atoms. The number of aromatic nitrogens is 1. The zero-order valence-corrected chi connectivity index (χ0v) is 12.3. The Morgan fingerprint density at radius 2 is 1.95 bits per heavy atom. The second-order valence-corrected chi connectivity index (χ2v) is 6.25. The first-order chi connectivity index (χ1) is 8.95. The Hall–Kier alpha value is -1.44. The molecule has 0 aliphatic carbocycles. The van der Waals surface area contributed by atoms with Crippen LogP contribution in [0.5, 0.6) is 0 Å². The molecule has 100 valence electrons. The third-order valence-electron chi connectivity index (χ3n) is 2.41. The fourth-order valence-corrected chi connectivity index (χ4v) is 2.46. The molecule has 0 unspecified atom stereocenters. The van der Waals surface area contributed by atoms with E-state index in [0.717, 1.165) is 10.3 Å². The molecule has 3 N–H and O–H groups in total. The summed E-state index contributed by atoms with van der Waals surface area (Å²) in [4.78, 5) is 4.35. The van der Waals surface area contributed by atoms with Gasteiger partial charge in [-0.05, 0) is 46.3 Å². The van der Waals surface area contributed by atoms with Crippen LogP contribution in [0.25, 0.3) is 0 Å². The molecule has 1 aromatic carbocycles. The molecule has 0 aliphatic rings. The lowest BCUT2D eigenvalue weighted by Crippen LogP contribution is -2.12. The van der Waals surface area contributed by atoms with Crippen molar-refractivity contribution < 1.29 is 8.42 Å². The predicted molar refractivity (Wildman–Crippen MR) is 77.1 cm³/mol. The molecule has 0 radical (unpaired) electrons. The van der Waals surface area contributed by atoms with E-state index < -0.39 is 10.0 Å². The Morgan fingerprint density at radius 1 is 1.21 bits per heavy atom. The minimum atomic E-state index is -3.68. The van der Waals surface area contributed by atoms with Crippen molar-refractivity contribution in [2.75, 3.05) is 5.32 Å². The van der Waals surface area contributed by atoms with Gasteiger partial charge in [0, 0.05) is 5.69 Å². The fourth-order valence-electron chi connectivity index (χ4n) is 1.52. The molecule has 1 heterocycles. The van der Waals surface area contributed by atoms with Gasteiger partial charge in [-0.3, -0.25) is 0 Å². The van der Waals surface area contributed by atoms with Crippen molar-refractivity contribution in [3.63, 3.8) is 0 Å². The van der Waals surface area contributed by atoms with Crippen molar-refractivity contribution in [1.82, 2.24) is 4.98 Å². The minimum absolute atomic E-state index is 0.0831. The zero-order chi connectivity index (χ0) is 13.9. The summed E-state index contributed by atoms with van der Waals surface area (Å²) in [5.41, 5.74) is 1.52. The Labute approximate surface area is 120 Å². The van der Waals surface area contributed by atoms with Crippen molar-refractivity contribution in [1.29, 1.82) is 0 Å². The van der Waals surface area contributed by atoms with Crippen molar-refractivity contribution >= 4 is 31.6 Å². The second kappa shape index (κ2) is 5.68. The van der Waals surface area contributed by atoms with Crippen LogP contribution in [0.4, 0.5) is 5.69 Å². The highest BCUT2D eigenvalue weighted by molar-refractivity contribution is 9.10. The van der Waals surface area contributed by atoms with Crippen molar-refractivity contribution in [2.24, 2.45) is 5.14 Å². The van der Waals surface area contributed by atoms with Crippen LogP contribution in [-0.2, 0) is 16.6 Å². The van der Waals surface area contributed by atoms with Gasteiger partial charge in [0.15, 0.2) is 0 Å². The van der Waals surface area contributed by atoms with Gasteiger partial charge in [-0.1, -0.05) is 12.1 Å². The maximum atomic E-state index is 11.2. The minimum Gasteiger partial charge on any atom is -0.379 e. The van der Waals surface area contributed by atoms with Gasteiger partial charge in [0.2, 0.25) is 10.0 Å². The number of benzene rings is 1. The maximum absolute atomic E-state index is 11.2. The summed E-state index contributed by atoms with van der Waals surface area (Å²) in [7, 11) is -3.68. The number of primary sulfonamides is 1. The molecule has 1 aromatic heterocycles. The van der Waals surface area contributed by atoms with E-state index in [9.17, 15) is 8.42 Å². The lowest BCUT2D eigenvalue weighted by Gasteiger charge is -2.07. The predicted octanol–water partition coefficient (Wildman–Crippen LogP) is 2.10. The molecule has 0 saturated carbocycles. The zero-order valence-electron chi connectivity index (χ0n) is 9.88. The number of pyridine rings is 1. The SMILES string of the molecule is NS(=O)(=O)c1cccc(NCc2cccc(Br)n2)c1. The van der Waals surface area contributed by atoms with Gasteiger partial charge in [0.1, 0.15) is 4.60 Å². The van der Waals surface area contributed by atoms with Crippen LogP contribution in [0.1, 0.15) is 5.69 Å². The quantitative estimate of drug-likeness (QED) is 0.834. The molecule has 0 amide bonds. The lowest BCUT2D eigenvalue weighted by molar-refractivity contribution is 0.598. The Balaban J connectivity index is 2.12. The van der Waals surface area contributed by atoms with Crippen molar-refractivity contribution in [3.8, 4) is 0 Å². The van der Waals surface area contributed by atoms with Crippen LogP contribution in [-0.4, -0.2) is 13.4 Å². The Morgan fingerprint density at radius 3 is 2.63 bits per heavy atom. The number of anilines is 1. The number of halogens is 1. The molecular weight excluding hydrogens is 330 g/mol. The average Bonchev–Trinajstić information content (AvgIpc) is 2.36. The summed E-state index contributed by atoms with van der Waals surface area (Å²) in [6.07, 6.45) is 0. The molecule has 0 saturated heterocycles.